The van der Waals surface area contributed by atoms with Gasteiger partial charge in [-0.1, -0.05) is 12.2 Å². The molecular formula is C8H9NO. The van der Waals surface area contributed by atoms with Gasteiger partial charge in [0.05, 0.1) is 5.92 Å². The summed E-state index contributed by atoms with van der Waals surface area (Å²) in [6.45, 7) is 0. The van der Waals surface area contributed by atoms with Gasteiger partial charge in [-0.25, -0.2) is 0 Å². The monoisotopic (exact) mass is 135 g/mol. The Balaban J connectivity index is 2.03. The zero-order chi connectivity index (χ0) is 6.72. The average Bonchev–Trinajstić information content (AvgIpc) is 2.40. The fraction of sp³-hybridized carbons (Fsp3) is 0.625. The first-order chi connectivity index (χ1) is 4.86. The number of fused-ring (bicyclic) bond motifs is 5. The topological polar surface area (TPSA) is 29.1 Å². The van der Waals surface area contributed by atoms with Gasteiger partial charge in [-0.3, -0.25) is 4.79 Å². The van der Waals surface area contributed by atoms with E-state index in [4.69, 9.17) is 0 Å². The Morgan fingerprint density at radius 3 is 2.80 bits per heavy atom. The van der Waals surface area contributed by atoms with Gasteiger partial charge in [0.2, 0.25) is 5.91 Å². The molecular weight excluding hydrogens is 126 g/mol. The summed E-state index contributed by atoms with van der Waals surface area (Å²) < 4.78 is 0. The predicted octanol–water partition coefficient (Wildman–Crippen LogP) is 0.307. The summed E-state index contributed by atoms with van der Waals surface area (Å²) in [5.74, 6) is 1.90. The minimum Gasteiger partial charge on any atom is -0.352 e. The van der Waals surface area contributed by atoms with Crippen LogP contribution in [0.15, 0.2) is 12.2 Å². The highest BCUT2D eigenvalue weighted by Gasteiger charge is 2.54. The van der Waals surface area contributed by atoms with Gasteiger partial charge in [-0.05, 0) is 18.3 Å². The molecule has 0 radical (unpaired) electrons. The molecule has 0 aromatic heterocycles. The van der Waals surface area contributed by atoms with Crippen molar-refractivity contribution in [3.05, 3.63) is 12.2 Å². The van der Waals surface area contributed by atoms with Crippen molar-refractivity contribution >= 4 is 5.91 Å². The van der Waals surface area contributed by atoms with Crippen LogP contribution >= 0.6 is 0 Å². The van der Waals surface area contributed by atoms with E-state index in [0.29, 0.717) is 23.8 Å². The molecule has 1 amide bonds. The first-order valence-electron chi connectivity index (χ1n) is 3.85. The van der Waals surface area contributed by atoms with Gasteiger partial charge < -0.3 is 5.32 Å². The summed E-state index contributed by atoms with van der Waals surface area (Å²) in [5.41, 5.74) is 0. The van der Waals surface area contributed by atoms with Crippen LogP contribution in [0.3, 0.4) is 0 Å². The van der Waals surface area contributed by atoms with Gasteiger partial charge in [0.25, 0.3) is 0 Å². The van der Waals surface area contributed by atoms with Crippen molar-refractivity contribution in [2.75, 3.05) is 0 Å². The lowest BCUT2D eigenvalue weighted by atomic mass is 9.82. The number of hydrogen-bond donors (Lipinski definition) is 1. The van der Waals surface area contributed by atoms with E-state index < -0.39 is 0 Å². The molecule has 0 unspecified atom stereocenters. The van der Waals surface area contributed by atoms with Crippen LogP contribution in [0.4, 0.5) is 0 Å². The number of carbonyl (C=O) groups excluding carboxylic acids is 1. The molecule has 3 rings (SSSR count). The second kappa shape index (κ2) is 1.29. The van der Waals surface area contributed by atoms with Crippen molar-refractivity contribution in [2.45, 2.75) is 12.5 Å². The average molecular weight is 135 g/mol. The van der Waals surface area contributed by atoms with Crippen molar-refractivity contribution in [1.82, 2.24) is 5.32 Å². The summed E-state index contributed by atoms with van der Waals surface area (Å²) in [6, 6.07) is 0.516. The van der Waals surface area contributed by atoms with Crippen molar-refractivity contribution in [3.8, 4) is 0 Å². The SMILES string of the molecule is O=C1N[C@H]2[C@H]1[C@H]1C=C[C@H]2C1. The third-order valence-corrected chi connectivity index (χ3v) is 3.07. The van der Waals surface area contributed by atoms with E-state index in [1.54, 1.807) is 0 Å². The maximum absolute atomic E-state index is 11.0. The maximum Gasteiger partial charge on any atom is 0.226 e. The second-order valence-electron chi connectivity index (χ2n) is 3.51. The molecule has 1 heterocycles. The highest BCUT2D eigenvalue weighted by atomic mass is 16.2. The van der Waals surface area contributed by atoms with Crippen LogP contribution in [0.5, 0.6) is 0 Å². The molecule has 3 aliphatic rings. The van der Waals surface area contributed by atoms with Gasteiger partial charge in [-0.2, -0.15) is 0 Å². The summed E-state index contributed by atoms with van der Waals surface area (Å²) >= 11 is 0. The summed E-state index contributed by atoms with van der Waals surface area (Å²) in [4.78, 5) is 11.0. The van der Waals surface area contributed by atoms with Gasteiger partial charge >= 0.3 is 0 Å². The third kappa shape index (κ3) is 0.349. The molecule has 2 heteroatoms. The first-order valence-corrected chi connectivity index (χ1v) is 3.85. The molecule has 0 aromatic rings. The lowest BCUT2D eigenvalue weighted by Crippen LogP contribution is -2.59. The second-order valence-corrected chi connectivity index (χ2v) is 3.51. The Labute approximate surface area is 59.3 Å². The fourth-order valence-corrected chi connectivity index (χ4v) is 2.54. The maximum atomic E-state index is 11.0. The summed E-state index contributed by atoms with van der Waals surface area (Å²) in [6.07, 6.45) is 5.68. The van der Waals surface area contributed by atoms with Crippen LogP contribution in [0.2, 0.25) is 0 Å². The molecule has 2 nitrogen and oxygen atoms in total. The van der Waals surface area contributed by atoms with Crippen LogP contribution < -0.4 is 5.32 Å². The lowest BCUT2D eigenvalue weighted by Gasteiger charge is -2.37. The van der Waals surface area contributed by atoms with E-state index in [9.17, 15) is 4.79 Å². The minimum absolute atomic E-state index is 0.279. The molecule has 10 heavy (non-hydrogen) atoms. The zero-order valence-electron chi connectivity index (χ0n) is 5.58. The lowest BCUT2D eigenvalue weighted by molar-refractivity contribution is -0.135. The van der Waals surface area contributed by atoms with Gasteiger partial charge in [-0.15, -0.1) is 0 Å². The molecule has 1 saturated heterocycles. The van der Waals surface area contributed by atoms with Crippen molar-refractivity contribution in [2.24, 2.45) is 17.8 Å². The number of rotatable bonds is 0. The summed E-state index contributed by atoms with van der Waals surface area (Å²) in [5, 5.41) is 2.95. The number of nitrogens with one attached hydrogen (secondary N) is 1. The number of hydrogen-bond acceptors (Lipinski definition) is 1. The van der Waals surface area contributed by atoms with E-state index >= 15 is 0 Å². The van der Waals surface area contributed by atoms with Gasteiger partial charge in [0.15, 0.2) is 0 Å². The minimum atomic E-state index is 0.279. The fourth-order valence-electron chi connectivity index (χ4n) is 2.54. The molecule has 0 aromatic carbocycles. The van der Waals surface area contributed by atoms with Crippen LogP contribution in [-0.2, 0) is 4.79 Å². The van der Waals surface area contributed by atoms with Crippen LogP contribution in [0.25, 0.3) is 0 Å². The molecule has 1 saturated carbocycles. The Morgan fingerprint density at radius 2 is 2.20 bits per heavy atom. The number of amides is 1. The molecule has 2 bridgehead atoms. The molecule has 52 valence electrons. The Morgan fingerprint density at radius 1 is 1.40 bits per heavy atom. The molecule has 1 aliphatic heterocycles. The van der Waals surface area contributed by atoms with Crippen molar-refractivity contribution in [1.29, 1.82) is 0 Å². The smallest absolute Gasteiger partial charge is 0.226 e. The summed E-state index contributed by atoms with van der Waals surface area (Å²) in [7, 11) is 0. The zero-order valence-corrected chi connectivity index (χ0v) is 5.58. The highest BCUT2D eigenvalue weighted by Crippen LogP contribution is 2.47. The number of allylic oxidation sites excluding steroid dienone is 1. The molecule has 0 spiro atoms. The van der Waals surface area contributed by atoms with E-state index in [2.05, 4.69) is 17.5 Å². The van der Waals surface area contributed by atoms with Gasteiger partial charge in [0.1, 0.15) is 0 Å². The van der Waals surface area contributed by atoms with E-state index in [0.717, 1.165) is 0 Å². The highest BCUT2D eigenvalue weighted by molar-refractivity contribution is 5.87. The molecule has 4 atom stereocenters. The normalized spacial score (nSPS) is 54.2. The van der Waals surface area contributed by atoms with Crippen LogP contribution in [0, 0.1) is 17.8 Å². The third-order valence-electron chi connectivity index (χ3n) is 3.07. The van der Waals surface area contributed by atoms with E-state index in [1.807, 2.05) is 0 Å². The largest absolute Gasteiger partial charge is 0.352 e. The van der Waals surface area contributed by atoms with Crippen molar-refractivity contribution in [3.63, 3.8) is 0 Å². The number of β-lactam (4-membered cyclic amide) rings is 1. The molecule has 2 fully saturated rings. The Hall–Kier alpha value is -0.790. The Bertz CT molecular complexity index is 233. The van der Waals surface area contributed by atoms with E-state index in [1.165, 1.54) is 6.42 Å². The van der Waals surface area contributed by atoms with Crippen molar-refractivity contribution < 1.29 is 4.79 Å². The van der Waals surface area contributed by atoms with Crippen LogP contribution in [-0.4, -0.2) is 11.9 Å². The van der Waals surface area contributed by atoms with Crippen LogP contribution in [0.1, 0.15) is 6.42 Å². The standard InChI is InChI=1S/C8H9NO/c10-8-6-4-1-2-5(3-4)7(6)9-8/h1-2,4-7H,3H2,(H,9,10)/t4-,5-,6+,7+/m0/s1. The number of carbonyl (C=O) groups is 1. The van der Waals surface area contributed by atoms with Gasteiger partial charge in [0, 0.05) is 6.04 Å². The molecule has 1 N–H and O–H groups in total. The molecule has 2 aliphatic carbocycles. The quantitative estimate of drug-likeness (QED) is 0.376. The van der Waals surface area contributed by atoms with E-state index in [-0.39, 0.29) is 5.91 Å². The first kappa shape index (κ1) is 4.94. The Kier molecular flexibility index (Phi) is 0.636. The predicted molar refractivity (Wildman–Crippen MR) is 36.2 cm³/mol.